The lowest BCUT2D eigenvalue weighted by Crippen LogP contribution is -1.95. The molecule has 0 spiro atoms. The number of aliphatic hydroxyl groups excluding tert-OH is 1. The first-order valence-corrected chi connectivity index (χ1v) is 4.52. The van der Waals surface area contributed by atoms with Crippen LogP contribution in [0.4, 0.5) is 0 Å². The molecule has 1 heterocycles. The first-order valence-electron chi connectivity index (χ1n) is 4.52. The fourth-order valence-electron chi connectivity index (χ4n) is 1.37. The Morgan fingerprint density at radius 1 is 1.29 bits per heavy atom. The van der Waals surface area contributed by atoms with Crippen LogP contribution in [0.3, 0.4) is 0 Å². The van der Waals surface area contributed by atoms with E-state index in [1.165, 1.54) is 0 Å². The number of para-hydroxylation sites is 1. The largest absolute Gasteiger partial charge is 0.390 e. The lowest BCUT2D eigenvalue weighted by atomic mass is 10.3. The lowest BCUT2D eigenvalue weighted by Gasteiger charge is -1.98. The van der Waals surface area contributed by atoms with Crippen molar-refractivity contribution < 1.29 is 5.11 Å². The van der Waals surface area contributed by atoms with Gasteiger partial charge in [0.05, 0.1) is 18.0 Å². The summed E-state index contributed by atoms with van der Waals surface area (Å²) in [5.74, 6) is 0. The number of benzene rings is 1. The summed E-state index contributed by atoms with van der Waals surface area (Å²) in [6, 6.07) is 9.85. The van der Waals surface area contributed by atoms with Crippen LogP contribution in [0.25, 0.3) is 5.69 Å². The van der Waals surface area contributed by atoms with Crippen molar-refractivity contribution in [3.05, 3.63) is 47.8 Å². The van der Waals surface area contributed by atoms with Gasteiger partial charge in [0.15, 0.2) is 0 Å². The van der Waals surface area contributed by atoms with E-state index < -0.39 is 0 Å². The van der Waals surface area contributed by atoms with Crippen molar-refractivity contribution in [2.75, 3.05) is 0 Å². The summed E-state index contributed by atoms with van der Waals surface area (Å²) >= 11 is 0. The average molecular weight is 188 g/mol. The minimum atomic E-state index is -0.00827. The number of nitrogens with zero attached hydrogens (tertiary/aromatic N) is 2. The van der Waals surface area contributed by atoms with Gasteiger partial charge in [0.1, 0.15) is 0 Å². The average Bonchev–Trinajstić information content (AvgIpc) is 2.61. The third-order valence-electron chi connectivity index (χ3n) is 2.17. The van der Waals surface area contributed by atoms with E-state index in [1.54, 1.807) is 4.68 Å². The smallest absolute Gasteiger partial charge is 0.0912 e. The van der Waals surface area contributed by atoms with Crippen molar-refractivity contribution in [1.82, 2.24) is 9.78 Å². The quantitative estimate of drug-likeness (QED) is 0.778. The molecule has 0 saturated heterocycles. The fraction of sp³-hybridized carbons (Fsp3) is 0.182. The van der Waals surface area contributed by atoms with Gasteiger partial charge in [-0.25, -0.2) is 4.68 Å². The molecule has 14 heavy (non-hydrogen) atoms. The molecule has 3 heteroatoms. The standard InChI is InChI=1S/C11H12N2O/c1-9-7-13(12-11(9)8-14)10-5-3-2-4-6-10/h2-7,14H,8H2,1H3. The Hall–Kier alpha value is -1.61. The summed E-state index contributed by atoms with van der Waals surface area (Å²) in [6.45, 7) is 1.93. The minimum Gasteiger partial charge on any atom is -0.390 e. The van der Waals surface area contributed by atoms with Crippen LogP contribution in [0.1, 0.15) is 11.3 Å². The molecule has 0 fully saturated rings. The normalized spacial score (nSPS) is 10.4. The van der Waals surface area contributed by atoms with Gasteiger partial charge in [-0.2, -0.15) is 5.10 Å². The highest BCUT2D eigenvalue weighted by molar-refractivity contribution is 5.32. The molecule has 1 N–H and O–H groups in total. The Labute approximate surface area is 82.6 Å². The van der Waals surface area contributed by atoms with E-state index in [9.17, 15) is 0 Å². The maximum absolute atomic E-state index is 9.00. The van der Waals surface area contributed by atoms with Gasteiger partial charge in [-0.3, -0.25) is 0 Å². The Bertz CT molecular complexity index is 420. The van der Waals surface area contributed by atoms with Crippen molar-refractivity contribution in [1.29, 1.82) is 0 Å². The summed E-state index contributed by atoms with van der Waals surface area (Å²) in [6.07, 6.45) is 1.92. The van der Waals surface area contributed by atoms with Crippen LogP contribution in [-0.4, -0.2) is 14.9 Å². The predicted octanol–water partition coefficient (Wildman–Crippen LogP) is 1.67. The van der Waals surface area contributed by atoms with Gasteiger partial charge in [-0.05, 0) is 24.6 Å². The van der Waals surface area contributed by atoms with E-state index in [-0.39, 0.29) is 6.61 Å². The van der Waals surface area contributed by atoms with Crippen LogP contribution in [0.2, 0.25) is 0 Å². The lowest BCUT2D eigenvalue weighted by molar-refractivity contribution is 0.275. The van der Waals surface area contributed by atoms with Crippen LogP contribution >= 0.6 is 0 Å². The van der Waals surface area contributed by atoms with Gasteiger partial charge in [0.25, 0.3) is 0 Å². The zero-order valence-corrected chi connectivity index (χ0v) is 8.01. The number of aliphatic hydroxyl groups is 1. The van der Waals surface area contributed by atoms with E-state index in [0.29, 0.717) is 0 Å². The van der Waals surface area contributed by atoms with Crippen molar-refractivity contribution >= 4 is 0 Å². The number of hydrogen-bond donors (Lipinski definition) is 1. The Kier molecular flexibility index (Phi) is 2.33. The molecule has 0 atom stereocenters. The van der Waals surface area contributed by atoms with E-state index in [0.717, 1.165) is 16.9 Å². The van der Waals surface area contributed by atoms with Crippen LogP contribution in [0.5, 0.6) is 0 Å². The van der Waals surface area contributed by atoms with Gasteiger partial charge >= 0.3 is 0 Å². The Morgan fingerprint density at radius 2 is 2.00 bits per heavy atom. The second kappa shape index (κ2) is 3.64. The van der Waals surface area contributed by atoms with Crippen molar-refractivity contribution in [3.63, 3.8) is 0 Å². The van der Waals surface area contributed by atoms with Gasteiger partial charge in [0.2, 0.25) is 0 Å². The molecule has 2 rings (SSSR count). The monoisotopic (exact) mass is 188 g/mol. The number of aromatic nitrogens is 2. The van der Waals surface area contributed by atoms with E-state index in [4.69, 9.17) is 5.11 Å². The first kappa shape index (κ1) is 8.97. The molecule has 72 valence electrons. The first-order chi connectivity index (χ1) is 6.81. The molecule has 0 aliphatic carbocycles. The fourth-order valence-corrected chi connectivity index (χ4v) is 1.37. The molecule has 3 nitrogen and oxygen atoms in total. The molecule has 1 aromatic heterocycles. The molecule has 0 aliphatic heterocycles. The van der Waals surface area contributed by atoms with Crippen LogP contribution in [-0.2, 0) is 6.61 Å². The minimum absolute atomic E-state index is 0.00827. The second-order valence-electron chi connectivity index (χ2n) is 3.20. The SMILES string of the molecule is Cc1cn(-c2ccccc2)nc1CO. The summed E-state index contributed by atoms with van der Waals surface area (Å²) in [5, 5.41) is 13.3. The molecule has 0 unspecified atom stereocenters. The summed E-state index contributed by atoms with van der Waals surface area (Å²) in [7, 11) is 0. The topological polar surface area (TPSA) is 38.0 Å². The molecule has 1 aromatic carbocycles. The number of rotatable bonds is 2. The van der Waals surface area contributed by atoms with Crippen molar-refractivity contribution in [3.8, 4) is 5.69 Å². The highest BCUT2D eigenvalue weighted by Crippen LogP contribution is 2.10. The molecule has 0 saturated carbocycles. The highest BCUT2D eigenvalue weighted by Gasteiger charge is 2.03. The van der Waals surface area contributed by atoms with Crippen LogP contribution < -0.4 is 0 Å². The maximum Gasteiger partial charge on any atom is 0.0912 e. The predicted molar refractivity (Wildman–Crippen MR) is 54.2 cm³/mol. The Morgan fingerprint density at radius 3 is 2.57 bits per heavy atom. The van der Waals surface area contributed by atoms with Gasteiger partial charge in [-0.1, -0.05) is 18.2 Å². The van der Waals surface area contributed by atoms with Crippen LogP contribution in [0.15, 0.2) is 36.5 Å². The van der Waals surface area contributed by atoms with Gasteiger partial charge in [-0.15, -0.1) is 0 Å². The van der Waals surface area contributed by atoms with Crippen LogP contribution in [0, 0.1) is 6.92 Å². The van der Waals surface area contributed by atoms with E-state index >= 15 is 0 Å². The zero-order chi connectivity index (χ0) is 9.97. The third-order valence-corrected chi connectivity index (χ3v) is 2.17. The van der Waals surface area contributed by atoms with Crippen molar-refractivity contribution in [2.45, 2.75) is 13.5 Å². The molecular formula is C11H12N2O. The summed E-state index contributed by atoms with van der Waals surface area (Å²) in [5.41, 5.74) is 2.75. The molecule has 0 radical (unpaired) electrons. The van der Waals surface area contributed by atoms with E-state index in [1.807, 2.05) is 43.5 Å². The van der Waals surface area contributed by atoms with E-state index in [2.05, 4.69) is 5.10 Å². The third kappa shape index (κ3) is 1.54. The number of aryl methyl sites for hydroxylation is 1. The molecular weight excluding hydrogens is 176 g/mol. The zero-order valence-electron chi connectivity index (χ0n) is 8.01. The maximum atomic E-state index is 9.00. The number of hydrogen-bond acceptors (Lipinski definition) is 2. The molecule has 0 aliphatic rings. The summed E-state index contributed by atoms with van der Waals surface area (Å²) < 4.78 is 1.78. The molecule has 0 amide bonds. The second-order valence-corrected chi connectivity index (χ2v) is 3.20. The highest BCUT2D eigenvalue weighted by atomic mass is 16.3. The molecule has 0 bridgehead atoms. The van der Waals surface area contributed by atoms with Gasteiger partial charge < -0.3 is 5.11 Å². The van der Waals surface area contributed by atoms with Gasteiger partial charge in [0, 0.05) is 6.20 Å². The summed E-state index contributed by atoms with van der Waals surface area (Å²) in [4.78, 5) is 0. The molecule has 2 aromatic rings. The Balaban J connectivity index is 2.43. The van der Waals surface area contributed by atoms with Crippen molar-refractivity contribution in [2.24, 2.45) is 0 Å².